The Kier molecular flexibility index (Phi) is 36.0. The topological polar surface area (TPSA) is 9.23 Å². The van der Waals surface area contributed by atoms with Gasteiger partial charge in [-0.3, -0.25) is 0 Å². The highest BCUT2D eigenvalue weighted by Crippen LogP contribution is 1.78. The molecule has 7 heavy (non-hydrogen) atoms. The third-order valence-corrected chi connectivity index (χ3v) is 0.605. The van der Waals surface area contributed by atoms with E-state index in [2.05, 4.69) is 15.9 Å². The first-order valence-electron chi connectivity index (χ1n) is 1.55. The Labute approximate surface area is 55.2 Å². The van der Waals surface area contributed by atoms with Crippen LogP contribution >= 0.6 is 15.9 Å². The summed E-state index contributed by atoms with van der Waals surface area (Å²) in [6, 6.07) is 0. The van der Waals surface area contributed by atoms with E-state index in [9.17, 15) is 0 Å². The van der Waals surface area contributed by atoms with Crippen LogP contribution in [0.1, 0.15) is 21.8 Å². The summed E-state index contributed by atoms with van der Waals surface area (Å²) >= 11 is 3.09. The van der Waals surface area contributed by atoms with Crippen LogP contribution in [0.5, 0.6) is 0 Å². The molecule has 0 saturated carbocycles. The molecular weight excluding hydrogens is 156 g/mol. The summed E-state index contributed by atoms with van der Waals surface area (Å²) in [6.07, 6.45) is 0. The molecule has 1 nitrogen and oxygen atoms in total. The zero-order valence-corrected chi connectivity index (χ0v) is 4.79. The molecule has 0 aliphatic carbocycles. The molecule has 0 aromatic carbocycles. The lowest BCUT2D eigenvalue weighted by Crippen LogP contribution is -1.80. The van der Waals surface area contributed by atoms with Crippen LogP contribution < -0.4 is 0 Å². The number of ether oxygens (including phenoxy) is 1. The van der Waals surface area contributed by atoms with Crippen molar-refractivity contribution in [3.8, 4) is 0 Å². The molecule has 0 aromatic heterocycles. The van der Waals surface area contributed by atoms with E-state index >= 15 is 0 Å². The SMILES string of the molecule is C.C.CCOCBr. The van der Waals surface area contributed by atoms with E-state index in [0.29, 0.717) is 5.52 Å². The largest absolute Gasteiger partial charge is 0.371 e. The maximum absolute atomic E-state index is 4.75. The van der Waals surface area contributed by atoms with Crippen LogP contribution in [-0.4, -0.2) is 12.1 Å². The van der Waals surface area contributed by atoms with Crippen LogP contribution in [0.2, 0.25) is 0 Å². The van der Waals surface area contributed by atoms with E-state index in [0.717, 1.165) is 6.61 Å². The van der Waals surface area contributed by atoms with Crippen molar-refractivity contribution in [2.24, 2.45) is 0 Å². The van der Waals surface area contributed by atoms with E-state index in [1.165, 1.54) is 0 Å². The van der Waals surface area contributed by atoms with Crippen molar-refractivity contribution in [2.75, 3.05) is 12.1 Å². The van der Waals surface area contributed by atoms with Gasteiger partial charge in [-0.05, 0) is 6.92 Å². The highest BCUT2D eigenvalue weighted by atomic mass is 79.9. The minimum atomic E-state index is 0. The van der Waals surface area contributed by atoms with Crippen LogP contribution in [-0.2, 0) is 4.74 Å². The van der Waals surface area contributed by atoms with Gasteiger partial charge in [-0.2, -0.15) is 0 Å². The minimum Gasteiger partial charge on any atom is -0.371 e. The van der Waals surface area contributed by atoms with Gasteiger partial charge in [0.1, 0.15) is 5.52 Å². The van der Waals surface area contributed by atoms with Gasteiger partial charge in [-0.15, -0.1) is 0 Å². The van der Waals surface area contributed by atoms with Crippen molar-refractivity contribution in [3.63, 3.8) is 0 Å². The van der Waals surface area contributed by atoms with E-state index in [1.807, 2.05) is 6.92 Å². The summed E-state index contributed by atoms with van der Waals surface area (Å²) in [5.74, 6) is 0. The van der Waals surface area contributed by atoms with Crippen molar-refractivity contribution in [2.45, 2.75) is 21.8 Å². The predicted molar refractivity (Wildman–Crippen MR) is 38.9 cm³/mol. The second-order valence-corrected chi connectivity index (χ2v) is 1.06. The minimum absolute atomic E-state index is 0. The third-order valence-electron chi connectivity index (χ3n) is 0.281. The third kappa shape index (κ3) is 21.3. The Hall–Kier alpha value is 0.440. The van der Waals surface area contributed by atoms with Gasteiger partial charge < -0.3 is 4.74 Å². The van der Waals surface area contributed by atoms with Crippen molar-refractivity contribution in [1.29, 1.82) is 0 Å². The fourth-order valence-corrected chi connectivity index (χ4v) is 0.401. The first-order valence-corrected chi connectivity index (χ1v) is 2.67. The first-order chi connectivity index (χ1) is 2.41. The molecule has 0 amide bonds. The Morgan fingerprint density at radius 1 is 1.43 bits per heavy atom. The van der Waals surface area contributed by atoms with E-state index < -0.39 is 0 Å². The quantitative estimate of drug-likeness (QED) is 0.580. The van der Waals surface area contributed by atoms with Crippen molar-refractivity contribution in [1.82, 2.24) is 0 Å². The summed E-state index contributed by atoms with van der Waals surface area (Å²) in [5.41, 5.74) is 0.656. The van der Waals surface area contributed by atoms with E-state index in [-0.39, 0.29) is 14.9 Å². The van der Waals surface area contributed by atoms with Gasteiger partial charge >= 0.3 is 0 Å². The van der Waals surface area contributed by atoms with Gasteiger partial charge in [0.2, 0.25) is 0 Å². The highest BCUT2D eigenvalue weighted by molar-refractivity contribution is 9.09. The maximum Gasteiger partial charge on any atom is 0.101 e. The predicted octanol–water partition coefficient (Wildman–Crippen LogP) is 2.65. The fraction of sp³-hybridized carbons (Fsp3) is 1.00. The molecule has 0 atom stereocenters. The second-order valence-electron chi connectivity index (χ2n) is 0.602. The molecular formula is C5H15BrO. The average molecular weight is 171 g/mol. The molecule has 0 bridgehead atoms. The van der Waals surface area contributed by atoms with Gasteiger partial charge in [0, 0.05) is 6.61 Å². The first kappa shape index (κ1) is 15.7. The molecule has 0 spiro atoms. The Morgan fingerprint density at radius 2 is 1.86 bits per heavy atom. The summed E-state index contributed by atoms with van der Waals surface area (Å²) in [6.45, 7) is 2.76. The number of hydrogen-bond donors (Lipinski definition) is 0. The lowest BCUT2D eigenvalue weighted by Gasteiger charge is -1.84. The van der Waals surface area contributed by atoms with Crippen LogP contribution in [0.4, 0.5) is 0 Å². The lowest BCUT2D eigenvalue weighted by molar-refractivity contribution is 0.203. The van der Waals surface area contributed by atoms with Crippen molar-refractivity contribution < 1.29 is 4.74 Å². The van der Waals surface area contributed by atoms with Crippen molar-refractivity contribution >= 4 is 15.9 Å². The summed E-state index contributed by atoms with van der Waals surface area (Å²) < 4.78 is 4.75. The molecule has 0 rings (SSSR count). The van der Waals surface area contributed by atoms with Gasteiger partial charge in [0.25, 0.3) is 0 Å². The van der Waals surface area contributed by atoms with Crippen LogP contribution in [0.3, 0.4) is 0 Å². The Morgan fingerprint density at radius 3 is 1.86 bits per heavy atom. The molecule has 0 heterocycles. The van der Waals surface area contributed by atoms with Crippen LogP contribution in [0.15, 0.2) is 0 Å². The maximum atomic E-state index is 4.75. The summed E-state index contributed by atoms with van der Waals surface area (Å²) in [5, 5.41) is 0. The smallest absolute Gasteiger partial charge is 0.101 e. The zero-order valence-electron chi connectivity index (χ0n) is 3.20. The van der Waals surface area contributed by atoms with Crippen LogP contribution in [0.25, 0.3) is 0 Å². The molecule has 0 fully saturated rings. The Bertz CT molecular complexity index is 15.6. The van der Waals surface area contributed by atoms with Crippen LogP contribution in [0, 0.1) is 0 Å². The lowest BCUT2D eigenvalue weighted by atomic mass is 10.9. The van der Waals surface area contributed by atoms with E-state index in [1.54, 1.807) is 0 Å². The number of halogens is 1. The van der Waals surface area contributed by atoms with E-state index in [4.69, 9.17) is 4.74 Å². The second kappa shape index (κ2) is 16.1. The molecule has 48 valence electrons. The highest BCUT2D eigenvalue weighted by Gasteiger charge is 1.65. The van der Waals surface area contributed by atoms with Crippen molar-refractivity contribution in [3.05, 3.63) is 0 Å². The normalized spacial score (nSPS) is 6.00. The molecule has 0 aliphatic rings. The fourth-order valence-electron chi connectivity index (χ4n) is 0.0772. The Balaban J connectivity index is -0.0000000800. The number of alkyl halides is 1. The zero-order chi connectivity index (χ0) is 4.12. The standard InChI is InChI=1S/C3H7BrO.2CH4/c1-2-5-3-4;;/h2-3H2,1H3;2*1H4. The summed E-state index contributed by atoms with van der Waals surface area (Å²) in [7, 11) is 0. The molecule has 0 unspecified atom stereocenters. The molecule has 0 saturated heterocycles. The van der Waals surface area contributed by atoms with Gasteiger partial charge in [-0.25, -0.2) is 0 Å². The molecule has 0 aromatic rings. The average Bonchev–Trinajstić information content (AvgIpc) is 1.41. The van der Waals surface area contributed by atoms with Gasteiger partial charge in [0.05, 0.1) is 0 Å². The number of rotatable bonds is 2. The van der Waals surface area contributed by atoms with Gasteiger partial charge in [-0.1, -0.05) is 30.8 Å². The monoisotopic (exact) mass is 170 g/mol. The van der Waals surface area contributed by atoms with Gasteiger partial charge in [0.15, 0.2) is 0 Å². The number of hydrogen-bond acceptors (Lipinski definition) is 1. The molecule has 0 radical (unpaired) electrons. The molecule has 0 aliphatic heterocycles. The molecule has 2 heteroatoms. The molecule has 0 N–H and O–H groups in total. The summed E-state index contributed by atoms with van der Waals surface area (Å²) in [4.78, 5) is 0.